The standard InChI is InChI=1S/C11H14N5S/c1-15(2)10-6-4-9(5-7-10)13-14-11-16(3)8-12-17-11/h4-8H,1-3H3/q+1. The van der Waals surface area contributed by atoms with E-state index in [1.165, 1.54) is 11.5 Å². The Bertz CT molecular complexity index is 515. The molecule has 6 heteroatoms. The smallest absolute Gasteiger partial charge is 0.378 e. The van der Waals surface area contributed by atoms with Crippen molar-refractivity contribution in [1.82, 2.24) is 4.37 Å². The topological polar surface area (TPSA) is 44.7 Å². The first-order chi connectivity index (χ1) is 8.16. The van der Waals surface area contributed by atoms with Crippen LogP contribution < -0.4 is 9.47 Å². The molecule has 0 radical (unpaired) electrons. The van der Waals surface area contributed by atoms with Crippen molar-refractivity contribution >= 4 is 28.0 Å². The van der Waals surface area contributed by atoms with E-state index in [9.17, 15) is 0 Å². The summed E-state index contributed by atoms with van der Waals surface area (Å²) in [5.41, 5.74) is 1.98. The molecule has 2 rings (SSSR count). The van der Waals surface area contributed by atoms with Crippen LogP contribution in [0.4, 0.5) is 16.5 Å². The Morgan fingerprint density at radius 2 is 1.88 bits per heavy atom. The van der Waals surface area contributed by atoms with Gasteiger partial charge in [-0.25, -0.2) is 4.57 Å². The molecular weight excluding hydrogens is 234 g/mol. The molecule has 0 atom stereocenters. The van der Waals surface area contributed by atoms with Gasteiger partial charge in [0.1, 0.15) is 17.2 Å². The lowest BCUT2D eigenvalue weighted by Crippen LogP contribution is -2.23. The highest BCUT2D eigenvalue weighted by atomic mass is 32.1. The molecule has 1 heterocycles. The number of benzene rings is 1. The summed E-state index contributed by atoms with van der Waals surface area (Å²) >= 11 is 1.32. The summed E-state index contributed by atoms with van der Waals surface area (Å²) in [6.45, 7) is 0. The van der Waals surface area contributed by atoms with Gasteiger partial charge in [-0.15, -0.1) is 0 Å². The molecule has 0 amide bonds. The van der Waals surface area contributed by atoms with Crippen LogP contribution in [0.5, 0.6) is 0 Å². The fraction of sp³-hybridized carbons (Fsp3) is 0.273. The third-order valence-corrected chi connectivity index (χ3v) is 3.01. The van der Waals surface area contributed by atoms with E-state index < -0.39 is 0 Å². The lowest BCUT2D eigenvalue weighted by Gasteiger charge is -2.11. The van der Waals surface area contributed by atoms with Crippen molar-refractivity contribution in [2.24, 2.45) is 17.3 Å². The third-order valence-electron chi connectivity index (χ3n) is 2.27. The fourth-order valence-corrected chi connectivity index (χ4v) is 1.80. The summed E-state index contributed by atoms with van der Waals surface area (Å²) < 4.78 is 5.85. The number of aromatic nitrogens is 2. The molecule has 88 valence electrons. The normalized spacial score (nSPS) is 11.0. The Morgan fingerprint density at radius 1 is 1.18 bits per heavy atom. The van der Waals surface area contributed by atoms with Gasteiger partial charge in [0, 0.05) is 24.9 Å². The number of rotatable bonds is 3. The van der Waals surface area contributed by atoms with Gasteiger partial charge in [0.2, 0.25) is 6.33 Å². The molecule has 0 fully saturated rings. The van der Waals surface area contributed by atoms with Gasteiger partial charge in [-0.1, -0.05) is 5.11 Å². The van der Waals surface area contributed by atoms with Crippen molar-refractivity contribution < 1.29 is 4.57 Å². The molecule has 0 aliphatic heterocycles. The maximum absolute atomic E-state index is 4.17. The van der Waals surface area contributed by atoms with Crippen LogP contribution in [0.15, 0.2) is 40.8 Å². The molecule has 0 aliphatic carbocycles. The van der Waals surface area contributed by atoms with Gasteiger partial charge in [0.15, 0.2) is 0 Å². The molecule has 0 aliphatic rings. The predicted octanol–water partition coefficient (Wildman–Crippen LogP) is 2.45. The van der Waals surface area contributed by atoms with Crippen LogP contribution in [0, 0.1) is 0 Å². The second-order valence-corrected chi connectivity index (χ2v) is 4.58. The van der Waals surface area contributed by atoms with E-state index in [0.717, 1.165) is 16.5 Å². The van der Waals surface area contributed by atoms with E-state index in [2.05, 4.69) is 14.6 Å². The Balaban J connectivity index is 2.14. The van der Waals surface area contributed by atoms with E-state index in [0.29, 0.717) is 0 Å². The van der Waals surface area contributed by atoms with Crippen LogP contribution in [-0.4, -0.2) is 18.5 Å². The minimum absolute atomic E-state index is 0.779. The van der Waals surface area contributed by atoms with Crippen LogP contribution >= 0.6 is 11.5 Å². The summed E-state index contributed by atoms with van der Waals surface area (Å²) in [5, 5.41) is 9.09. The van der Waals surface area contributed by atoms with E-state index in [1.807, 2.05) is 54.9 Å². The van der Waals surface area contributed by atoms with Crippen molar-refractivity contribution in [1.29, 1.82) is 0 Å². The van der Waals surface area contributed by atoms with Crippen LogP contribution in [0.25, 0.3) is 0 Å². The maximum Gasteiger partial charge on any atom is 0.378 e. The van der Waals surface area contributed by atoms with Crippen LogP contribution in [0.3, 0.4) is 0 Å². The Labute approximate surface area is 104 Å². The van der Waals surface area contributed by atoms with Crippen LogP contribution in [-0.2, 0) is 7.05 Å². The molecule has 0 spiro atoms. The van der Waals surface area contributed by atoms with Gasteiger partial charge in [-0.2, -0.15) is 0 Å². The molecule has 5 nitrogen and oxygen atoms in total. The van der Waals surface area contributed by atoms with Crippen molar-refractivity contribution in [2.75, 3.05) is 19.0 Å². The minimum atomic E-state index is 0.779. The molecule has 1 aromatic carbocycles. The highest BCUT2D eigenvalue weighted by Gasteiger charge is 2.07. The number of azo groups is 1. The van der Waals surface area contributed by atoms with Crippen molar-refractivity contribution in [3.8, 4) is 0 Å². The quantitative estimate of drug-likeness (QED) is 0.618. The molecule has 1 aromatic heterocycles. The lowest BCUT2D eigenvalue weighted by molar-refractivity contribution is -0.656. The van der Waals surface area contributed by atoms with Crippen molar-refractivity contribution in [3.05, 3.63) is 30.6 Å². The highest BCUT2D eigenvalue weighted by Crippen LogP contribution is 2.20. The molecule has 0 saturated heterocycles. The average Bonchev–Trinajstić information content (AvgIpc) is 2.73. The van der Waals surface area contributed by atoms with E-state index in [1.54, 1.807) is 6.33 Å². The second-order valence-electron chi connectivity index (χ2n) is 3.82. The zero-order valence-electron chi connectivity index (χ0n) is 10.0. The molecule has 0 unspecified atom stereocenters. The Kier molecular flexibility index (Phi) is 3.43. The summed E-state index contributed by atoms with van der Waals surface area (Å²) in [6, 6.07) is 7.92. The van der Waals surface area contributed by atoms with Gasteiger partial charge in [0.05, 0.1) is 7.05 Å². The van der Waals surface area contributed by atoms with Gasteiger partial charge in [-0.05, 0) is 28.6 Å². The molecule has 0 N–H and O–H groups in total. The summed E-state index contributed by atoms with van der Waals surface area (Å²) in [7, 11) is 5.91. The van der Waals surface area contributed by atoms with E-state index in [-0.39, 0.29) is 0 Å². The monoisotopic (exact) mass is 248 g/mol. The number of nitrogens with zero attached hydrogens (tertiary/aromatic N) is 5. The number of hydrogen-bond acceptors (Lipinski definition) is 5. The molecule has 17 heavy (non-hydrogen) atoms. The largest absolute Gasteiger partial charge is 0.378 e. The molecule has 0 saturated carbocycles. The zero-order valence-corrected chi connectivity index (χ0v) is 10.8. The first kappa shape index (κ1) is 11.7. The SMILES string of the molecule is CN(C)c1ccc(N=Nc2snc[n+]2C)cc1. The van der Waals surface area contributed by atoms with E-state index in [4.69, 9.17) is 0 Å². The van der Waals surface area contributed by atoms with Gasteiger partial charge >= 0.3 is 5.13 Å². The number of aryl methyl sites for hydroxylation is 1. The van der Waals surface area contributed by atoms with Crippen LogP contribution in [0.2, 0.25) is 0 Å². The molecule has 2 aromatic rings. The molecular formula is C11H14N5S+. The van der Waals surface area contributed by atoms with Gasteiger partial charge < -0.3 is 4.90 Å². The molecule has 0 bridgehead atoms. The first-order valence-corrected chi connectivity index (χ1v) is 5.93. The Morgan fingerprint density at radius 3 is 2.41 bits per heavy atom. The first-order valence-electron chi connectivity index (χ1n) is 5.16. The summed E-state index contributed by atoms with van der Waals surface area (Å²) in [4.78, 5) is 2.05. The van der Waals surface area contributed by atoms with Crippen LogP contribution in [0.1, 0.15) is 0 Å². The predicted molar refractivity (Wildman–Crippen MR) is 68.2 cm³/mol. The van der Waals surface area contributed by atoms with E-state index >= 15 is 0 Å². The van der Waals surface area contributed by atoms with Crippen molar-refractivity contribution in [3.63, 3.8) is 0 Å². The highest BCUT2D eigenvalue weighted by molar-refractivity contribution is 7.08. The maximum atomic E-state index is 4.17. The summed E-state index contributed by atoms with van der Waals surface area (Å²) in [5.74, 6) is 0. The summed E-state index contributed by atoms with van der Waals surface area (Å²) in [6.07, 6.45) is 1.72. The third kappa shape index (κ3) is 2.85. The average molecular weight is 248 g/mol. The Hall–Kier alpha value is -1.82. The van der Waals surface area contributed by atoms with Crippen molar-refractivity contribution in [2.45, 2.75) is 0 Å². The minimum Gasteiger partial charge on any atom is -0.378 e. The second kappa shape index (κ2) is 5.01. The van der Waals surface area contributed by atoms with Gasteiger partial charge in [-0.3, -0.25) is 0 Å². The van der Waals surface area contributed by atoms with Gasteiger partial charge in [0.25, 0.3) is 0 Å². The number of hydrogen-bond donors (Lipinski definition) is 0. The fourth-order valence-electron chi connectivity index (χ4n) is 1.26. The number of anilines is 1. The lowest BCUT2D eigenvalue weighted by atomic mass is 10.3. The zero-order chi connectivity index (χ0) is 12.3.